The van der Waals surface area contributed by atoms with Gasteiger partial charge in [-0.3, -0.25) is 0 Å². The number of carbonyl (C=O) groups is 1. The summed E-state index contributed by atoms with van der Waals surface area (Å²) in [5.41, 5.74) is 7.28. The first-order valence-electron chi connectivity index (χ1n) is 7.94. The van der Waals surface area contributed by atoms with Crippen molar-refractivity contribution in [2.24, 2.45) is 0 Å². The van der Waals surface area contributed by atoms with Crippen molar-refractivity contribution < 1.29 is 15.0 Å². The van der Waals surface area contributed by atoms with Gasteiger partial charge in [-0.1, -0.05) is 36.4 Å². The van der Waals surface area contributed by atoms with Crippen LogP contribution in [0.4, 0.5) is 0 Å². The van der Waals surface area contributed by atoms with Gasteiger partial charge in [0.05, 0.1) is 5.56 Å². The zero-order valence-corrected chi connectivity index (χ0v) is 12.7. The molecule has 0 unspecified atom stereocenters. The van der Waals surface area contributed by atoms with Crippen molar-refractivity contribution in [3.8, 4) is 5.75 Å². The lowest BCUT2D eigenvalue weighted by Crippen LogP contribution is -2.27. The Hall–Kier alpha value is -3.07. The van der Waals surface area contributed by atoms with Gasteiger partial charge in [0.15, 0.2) is 0 Å². The van der Waals surface area contributed by atoms with Gasteiger partial charge in [0, 0.05) is 11.8 Å². The number of hydrogen-bond acceptors (Lipinski definition) is 2. The molecule has 3 aromatic carbocycles. The quantitative estimate of drug-likeness (QED) is 0.490. The molecule has 3 nitrogen and oxygen atoms in total. The van der Waals surface area contributed by atoms with E-state index in [9.17, 15) is 15.0 Å². The largest absolute Gasteiger partial charge is 0.508 e. The maximum atomic E-state index is 11.4. The first-order chi connectivity index (χ1) is 11.6. The molecule has 0 radical (unpaired) electrons. The van der Waals surface area contributed by atoms with Crippen LogP contribution in [0.2, 0.25) is 0 Å². The van der Waals surface area contributed by atoms with Crippen molar-refractivity contribution in [1.82, 2.24) is 0 Å². The number of benzene rings is 3. The Bertz CT molecular complexity index is 1020. The van der Waals surface area contributed by atoms with E-state index >= 15 is 0 Å². The van der Waals surface area contributed by atoms with Gasteiger partial charge in [-0.25, -0.2) is 4.79 Å². The average molecular weight is 314 g/mol. The van der Waals surface area contributed by atoms with Crippen LogP contribution >= 0.6 is 0 Å². The molecule has 2 atom stereocenters. The summed E-state index contributed by atoms with van der Waals surface area (Å²) < 4.78 is 0. The van der Waals surface area contributed by atoms with Crippen molar-refractivity contribution in [1.29, 1.82) is 0 Å². The van der Waals surface area contributed by atoms with Gasteiger partial charge < -0.3 is 10.2 Å². The van der Waals surface area contributed by atoms with E-state index < -0.39 is 5.97 Å². The first-order valence-corrected chi connectivity index (χ1v) is 7.94. The van der Waals surface area contributed by atoms with Gasteiger partial charge in [-0.15, -0.1) is 0 Å². The zero-order valence-electron chi connectivity index (χ0n) is 12.7. The molecule has 24 heavy (non-hydrogen) atoms. The van der Waals surface area contributed by atoms with Crippen LogP contribution < -0.4 is 0 Å². The molecule has 0 saturated heterocycles. The van der Waals surface area contributed by atoms with Gasteiger partial charge in [-0.05, 0) is 57.6 Å². The Labute approximate surface area is 138 Å². The van der Waals surface area contributed by atoms with E-state index in [0.29, 0.717) is 5.56 Å². The maximum Gasteiger partial charge on any atom is 0.335 e. The molecule has 0 spiro atoms. The van der Waals surface area contributed by atoms with E-state index in [0.717, 1.165) is 22.3 Å². The molecule has 0 heterocycles. The molecule has 0 aromatic heterocycles. The van der Waals surface area contributed by atoms with E-state index in [1.54, 1.807) is 18.2 Å². The Kier molecular flexibility index (Phi) is 2.50. The number of aromatic hydroxyl groups is 1. The lowest BCUT2D eigenvalue weighted by Gasteiger charge is -2.42. The Morgan fingerprint density at radius 2 is 1.25 bits per heavy atom. The molecule has 3 aliphatic rings. The fraction of sp³-hybridized carbons (Fsp3) is 0.0952. The topological polar surface area (TPSA) is 57.5 Å². The molecule has 0 amide bonds. The maximum absolute atomic E-state index is 11.4. The Morgan fingerprint density at radius 1 is 0.708 bits per heavy atom. The lowest BCUT2D eigenvalue weighted by atomic mass is 9.61. The second-order valence-electron chi connectivity index (χ2n) is 6.46. The van der Waals surface area contributed by atoms with Crippen molar-refractivity contribution >= 4 is 5.97 Å². The molecular formula is C21H14O3. The smallest absolute Gasteiger partial charge is 0.335 e. The molecule has 6 rings (SSSR count). The number of aromatic carboxylic acids is 1. The summed E-state index contributed by atoms with van der Waals surface area (Å²) in [4.78, 5) is 11.4. The van der Waals surface area contributed by atoms with Gasteiger partial charge in [0.1, 0.15) is 5.75 Å². The number of phenols is 1. The van der Waals surface area contributed by atoms with E-state index in [4.69, 9.17) is 0 Å². The summed E-state index contributed by atoms with van der Waals surface area (Å²) in [7, 11) is 0. The SMILES string of the molecule is O=C(O)c1ccc2c(c1)[C@@H]1c3ccccc3[C@H]2c2cc(O)ccc21. The second kappa shape index (κ2) is 4.48. The van der Waals surface area contributed by atoms with Gasteiger partial charge in [-0.2, -0.15) is 0 Å². The molecule has 0 fully saturated rings. The molecular weight excluding hydrogens is 300 g/mol. The normalized spacial score (nSPS) is 19.3. The molecule has 2 bridgehead atoms. The predicted molar refractivity (Wildman–Crippen MR) is 89.8 cm³/mol. The predicted octanol–water partition coefficient (Wildman–Crippen LogP) is 4.08. The third-order valence-electron chi connectivity index (χ3n) is 5.27. The number of hydrogen-bond donors (Lipinski definition) is 2. The van der Waals surface area contributed by atoms with Crippen LogP contribution in [-0.2, 0) is 0 Å². The minimum Gasteiger partial charge on any atom is -0.508 e. The molecule has 3 aliphatic carbocycles. The number of rotatable bonds is 1. The Balaban J connectivity index is 1.86. The molecule has 3 aromatic rings. The Morgan fingerprint density at radius 3 is 1.88 bits per heavy atom. The van der Waals surface area contributed by atoms with Gasteiger partial charge in [0.2, 0.25) is 0 Å². The summed E-state index contributed by atoms with van der Waals surface area (Å²) in [6.45, 7) is 0. The monoisotopic (exact) mass is 314 g/mol. The minimum absolute atomic E-state index is 0.0242. The van der Waals surface area contributed by atoms with Crippen LogP contribution in [0, 0.1) is 0 Å². The van der Waals surface area contributed by atoms with E-state index in [1.807, 2.05) is 30.3 Å². The minimum atomic E-state index is -0.904. The highest BCUT2D eigenvalue weighted by atomic mass is 16.4. The number of carboxylic acid groups (broad SMARTS) is 1. The highest BCUT2D eigenvalue weighted by Crippen LogP contribution is 2.56. The third kappa shape index (κ3) is 1.59. The molecule has 3 heteroatoms. The van der Waals surface area contributed by atoms with Crippen molar-refractivity contribution in [3.63, 3.8) is 0 Å². The highest BCUT2D eigenvalue weighted by Gasteiger charge is 2.41. The number of carboxylic acids is 1. The summed E-state index contributed by atoms with van der Waals surface area (Å²) in [6.07, 6.45) is 0. The summed E-state index contributed by atoms with van der Waals surface area (Å²) >= 11 is 0. The van der Waals surface area contributed by atoms with E-state index in [1.165, 1.54) is 11.1 Å². The van der Waals surface area contributed by atoms with Crippen LogP contribution in [0.15, 0.2) is 60.7 Å². The van der Waals surface area contributed by atoms with Crippen LogP contribution in [-0.4, -0.2) is 16.2 Å². The van der Waals surface area contributed by atoms with Gasteiger partial charge >= 0.3 is 5.97 Å². The molecule has 2 N–H and O–H groups in total. The lowest BCUT2D eigenvalue weighted by molar-refractivity contribution is 0.0696. The molecule has 116 valence electrons. The molecule has 0 saturated carbocycles. The van der Waals surface area contributed by atoms with Crippen LogP contribution in [0.3, 0.4) is 0 Å². The van der Waals surface area contributed by atoms with E-state index in [2.05, 4.69) is 12.1 Å². The van der Waals surface area contributed by atoms with Crippen molar-refractivity contribution in [2.45, 2.75) is 11.8 Å². The van der Waals surface area contributed by atoms with Gasteiger partial charge in [0.25, 0.3) is 0 Å². The summed E-state index contributed by atoms with van der Waals surface area (Å²) in [5, 5.41) is 19.3. The fourth-order valence-electron chi connectivity index (χ4n) is 4.34. The van der Waals surface area contributed by atoms with Crippen LogP contribution in [0.5, 0.6) is 5.75 Å². The summed E-state index contributed by atoms with van der Waals surface area (Å²) in [5.74, 6) is -0.566. The summed E-state index contributed by atoms with van der Waals surface area (Å²) in [6, 6.07) is 19.3. The fourth-order valence-corrected chi connectivity index (χ4v) is 4.34. The highest BCUT2D eigenvalue weighted by molar-refractivity contribution is 5.88. The number of phenolic OH excluding ortho intramolecular Hbond substituents is 1. The van der Waals surface area contributed by atoms with E-state index in [-0.39, 0.29) is 17.6 Å². The van der Waals surface area contributed by atoms with Crippen LogP contribution in [0.25, 0.3) is 0 Å². The van der Waals surface area contributed by atoms with Crippen molar-refractivity contribution in [3.05, 3.63) is 99.6 Å². The third-order valence-corrected chi connectivity index (χ3v) is 5.27. The second-order valence-corrected chi connectivity index (χ2v) is 6.46. The van der Waals surface area contributed by atoms with Crippen LogP contribution in [0.1, 0.15) is 55.6 Å². The molecule has 0 aliphatic heterocycles. The zero-order chi connectivity index (χ0) is 16.4. The van der Waals surface area contributed by atoms with Crippen molar-refractivity contribution in [2.75, 3.05) is 0 Å². The standard InChI is InChI=1S/C21H14O3/c22-12-6-8-16-18(10-12)20-14-4-2-1-3-13(14)19(16)17-9-11(21(23)24)5-7-15(17)20/h1-10,19-20,22H,(H,23,24)/t19-,20-/m1/s1. The first kappa shape index (κ1) is 13.4. The average Bonchev–Trinajstić information content (AvgIpc) is 2.60.